The summed E-state index contributed by atoms with van der Waals surface area (Å²) in [5, 5.41) is 0. The summed E-state index contributed by atoms with van der Waals surface area (Å²) in [6.07, 6.45) is -2.67. The van der Waals surface area contributed by atoms with E-state index in [2.05, 4.69) is 4.90 Å². The number of nitrogens with zero attached hydrogens (tertiary/aromatic N) is 1. The van der Waals surface area contributed by atoms with Crippen molar-refractivity contribution < 1.29 is 27.4 Å². The van der Waals surface area contributed by atoms with Crippen LogP contribution in [0.25, 0.3) is 0 Å². The average molecular weight is 345 g/mol. The van der Waals surface area contributed by atoms with E-state index in [0.717, 1.165) is 31.5 Å². The van der Waals surface area contributed by atoms with E-state index in [9.17, 15) is 18.0 Å². The van der Waals surface area contributed by atoms with Crippen molar-refractivity contribution in [1.82, 2.24) is 4.90 Å². The third-order valence-electron chi connectivity index (χ3n) is 3.96. The largest absolute Gasteiger partial charge is 0.492 e. The van der Waals surface area contributed by atoms with Gasteiger partial charge in [0, 0.05) is 13.1 Å². The predicted molar refractivity (Wildman–Crippen MR) is 82.7 cm³/mol. The Hall–Kier alpha value is -1.76. The van der Waals surface area contributed by atoms with Gasteiger partial charge in [-0.05, 0) is 44.5 Å². The Bertz CT molecular complexity index is 548. The lowest BCUT2D eigenvalue weighted by Crippen LogP contribution is -2.41. The van der Waals surface area contributed by atoms with Crippen LogP contribution in [-0.2, 0) is 15.7 Å². The molecule has 1 aliphatic heterocycles. The Morgan fingerprint density at radius 3 is 2.88 bits per heavy atom. The molecule has 4 nitrogen and oxygen atoms in total. The van der Waals surface area contributed by atoms with Crippen molar-refractivity contribution in [2.75, 3.05) is 32.8 Å². The second kappa shape index (κ2) is 8.37. The van der Waals surface area contributed by atoms with Gasteiger partial charge in [-0.1, -0.05) is 6.07 Å². The van der Waals surface area contributed by atoms with E-state index in [4.69, 9.17) is 9.47 Å². The molecule has 1 fully saturated rings. The molecule has 0 amide bonds. The lowest BCUT2D eigenvalue weighted by atomic mass is 9.98. The third-order valence-corrected chi connectivity index (χ3v) is 3.96. The molecule has 1 heterocycles. The summed E-state index contributed by atoms with van der Waals surface area (Å²) in [7, 11) is 0. The Morgan fingerprint density at radius 2 is 2.17 bits per heavy atom. The van der Waals surface area contributed by atoms with E-state index < -0.39 is 11.7 Å². The predicted octanol–water partition coefficient (Wildman–Crippen LogP) is 3.36. The molecular weight excluding hydrogens is 323 g/mol. The molecule has 0 N–H and O–H groups in total. The molecule has 2 rings (SSSR count). The van der Waals surface area contributed by atoms with Crippen LogP contribution >= 0.6 is 0 Å². The molecule has 7 heteroatoms. The van der Waals surface area contributed by atoms with Crippen LogP contribution in [0.5, 0.6) is 5.75 Å². The van der Waals surface area contributed by atoms with Crippen LogP contribution in [-0.4, -0.2) is 43.7 Å². The number of likely N-dealkylation sites (tertiary alicyclic amines) is 1. The summed E-state index contributed by atoms with van der Waals surface area (Å²) in [5.74, 6) is -0.114. The molecule has 1 aromatic rings. The monoisotopic (exact) mass is 345 g/mol. The van der Waals surface area contributed by atoms with Crippen LogP contribution in [0.1, 0.15) is 25.3 Å². The van der Waals surface area contributed by atoms with Gasteiger partial charge < -0.3 is 9.47 Å². The summed E-state index contributed by atoms with van der Waals surface area (Å²) in [6, 6.07) is 4.85. The lowest BCUT2D eigenvalue weighted by Gasteiger charge is -2.31. The van der Waals surface area contributed by atoms with Crippen molar-refractivity contribution >= 4 is 5.97 Å². The number of piperidine rings is 1. The quantitative estimate of drug-likeness (QED) is 0.741. The fourth-order valence-corrected chi connectivity index (χ4v) is 2.77. The first-order valence-electron chi connectivity index (χ1n) is 8.09. The Balaban J connectivity index is 1.80. The van der Waals surface area contributed by atoms with Gasteiger partial charge >= 0.3 is 12.1 Å². The molecule has 24 heavy (non-hydrogen) atoms. The zero-order valence-electron chi connectivity index (χ0n) is 13.6. The molecule has 0 aromatic heterocycles. The topological polar surface area (TPSA) is 38.8 Å². The van der Waals surface area contributed by atoms with Gasteiger partial charge in [-0.15, -0.1) is 0 Å². The van der Waals surface area contributed by atoms with Crippen molar-refractivity contribution in [1.29, 1.82) is 0 Å². The van der Waals surface area contributed by atoms with Gasteiger partial charge in [-0.25, -0.2) is 0 Å². The molecule has 0 spiro atoms. The van der Waals surface area contributed by atoms with E-state index >= 15 is 0 Å². The fourth-order valence-electron chi connectivity index (χ4n) is 2.77. The summed E-state index contributed by atoms with van der Waals surface area (Å²) < 4.78 is 48.4. The van der Waals surface area contributed by atoms with E-state index in [-0.39, 0.29) is 24.2 Å². The number of halogens is 3. The molecule has 1 aliphatic rings. The van der Waals surface area contributed by atoms with Crippen molar-refractivity contribution in [3.05, 3.63) is 29.8 Å². The number of benzene rings is 1. The molecule has 0 bridgehead atoms. The highest BCUT2D eigenvalue weighted by Gasteiger charge is 2.30. The van der Waals surface area contributed by atoms with Crippen molar-refractivity contribution in [2.24, 2.45) is 5.92 Å². The van der Waals surface area contributed by atoms with Crippen LogP contribution in [0, 0.1) is 5.92 Å². The van der Waals surface area contributed by atoms with Gasteiger partial charge in [0.05, 0.1) is 18.1 Å². The highest BCUT2D eigenvalue weighted by atomic mass is 19.4. The van der Waals surface area contributed by atoms with Gasteiger partial charge in [0.2, 0.25) is 0 Å². The van der Waals surface area contributed by atoms with E-state index in [1.807, 2.05) is 0 Å². The Morgan fingerprint density at radius 1 is 1.38 bits per heavy atom. The summed E-state index contributed by atoms with van der Waals surface area (Å²) in [5.41, 5.74) is -0.722. The number of carbonyl (C=O) groups is 1. The molecular formula is C17H22F3NO3. The molecule has 134 valence electrons. The second-order valence-corrected chi connectivity index (χ2v) is 5.77. The van der Waals surface area contributed by atoms with Crippen molar-refractivity contribution in [3.8, 4) is 5.75 Å². The summed E-state index contributed by atoms with van der Waals surface area (Å²) in [6.45, 7) is 4.44. The molecule has 0 saturated carbocycles. The van der Waals surface area contributed by atoms with Crippen LogP contribution in [0.2, 0.25) is 0 Å². The van der Waals surface area contributed by atoms with E-state index in [1.165, 1.54) is 12.1 Å². The van der Waals surface area contributed by atoms with Gasteiger partial charge in [0.25, 0.3) is 0 Å². The zero-order chi connectivity index (χ0) is 17.6. The number of ether oxygens (including phenoxy) is 2. The molecule has 0 unspecified atom stereocenters. The van der Waals surface area contributed by atoms with Crippen molar-refractivity contribution in [3.63, 3.8) is 0 Å². The maximum absolute atomic E-state index is 12.7. The Kier molecular flexibility index (Phi) is 6.48. The minimum absolute atomic E-state index is 0.132. The van der Waals surface area contributed by atoms with Crippen LogP contribution in [0.3, 0.4) is 0 Å². The van der Waals surface area contributed by atoms with E-state index in [1.54, 1.807) is 6.92 Å². The molecule has 0 radical (unpaired) electrons. The van der Waals surface area contributed by atoms with Gasteiger partial charge in [0.15, 0.2) is 0 Å². The lowest BCUT2D eigenvalue weighted by molar-refractivity contribution is -0.150. The first kappa shape index (κ1) is 18.6. The maximum atomic E-state index is 12.7. The average Bonchev–Trinajstić information content (AvgIpc) is 2.55. The zero-order valence-corrected chi connectivity index (χ0v) is 13.6. The summed E-state index contributed by atoms with van der Waals surface area (Å²) >= 11 is 0. The maximum Gasteiger partial charge on any atom is 0.416 e. The normalized spacial score (nSPS) is 19.1. The molecule has 0 aliphatic carbocycles. The second-order valence-electron chi connectivity index (χ2n) is 5.77. The number of hydrogen-bond donors (Lipinski definition) is 0. The molecule has 1 atom stereocenters. The smallest absolute Gasteiger partial charge is 0.416 e. The summed E-state index contributed by atoms with van der Waals surface area (Å²) in [4.78, 5) is 13.9. The van der Waals surface area contributed by atoms with Crippen molar-refractivity contribution in [2.45, 2.75) is 25.9 Å². The van der Waals surface area contributed by atoms with Gasteiger partial charge in [-0.3, -0.25) is 9.69 Å². The highest BCUT2D eigenvalue weighted by Crippen LogP contribution is 2.31. The number of esters is 1. The highest BCUT2D eigenvalue weighted by molar-refractivity contribution is 5.72. The fraction of sp³-hybridized carbons (Fsp3) is 0.588. The first-order valence-corrected chi connectivity index (χ1v) is 8.09. The van der Waals surface area contributed by atoms with E-state index in [0.29, 0.717) is 19.7 Å². The third kappa shape index (κ3) is 5.40. The number of carbonyl (C=O) groups excluding carboxylic acids is 1. The van der Waals surface area contributed by atoms with Crippen LogP contribution < -0.4 is 4.74 Å². The number of alkyl halides is 3. The first-order chi connectivity index (χ1) is 11.4. The number of rotatable bonds is 6. The van der Waals surface area contributed by atoms with Crippen LogP contribution in [0.15, 0.2) is 24.3 Å². The minimum atomic E-state index is -4.38. The minimum Gasteiger partial charge on any atom is -0.492 e. The molecule has 1 aromatic carbocycles. The van der Waals surface area contributed by atoms with Gasteiger partial charge in [-0.2, -0.15) is 13.2 Å². The standard InChI is InChI=1S/C17H22F3NO3/c1-2-23-16(22)13-5-4-8-21(12-13)9-10-24-15-7-3-6-14(11-15)17(18,19)20/h3,6-7,11,13H,2,4-5,8-10,12H2,1H3/t13-/m0/s1. The SMILES string of the molecule is CCOC(=O)[C@H]1CCCN(CCOc2cccc(C(F)(F)F)c2)C1. The van der Waals surface area contributed by atoms with Crippen LogP contribution in [0.4, 0.5) is 13.2 Å². The Labute approximate surface area is 139 Å². The molecule has 1 saturated heterocycles. The van der Waals surface area contributed by atoms with Gasteiger partial charge in [0.1, 0.15) is 12.4 Å². The number of hydrogen-bond acceptors (Lipinski definition) is 4.